The highest BCUT2D eigenvalue weighted by atomic mass is 35.5. The van der Waals surface area contributed by atoms with Gasteiger partial charge >= 0.3 is 0 Å². The fourth-order valence-corrected chi connectivity index (χ4v) is 5.64. The highest BCUT2D eigenvalue weighted by Crippen LogP contribution is 2.27. The molecule has 0 bridgehead atoms. The average Bonchev–Trinajstić information content (AvgIpc) is 2.67. The lowest BCUT2D eigenvalue weighted by Gasteiger charge is -2.12. The van der Waals surface area contributed by atoms with E-state index in [1.807, 2.05) is 0 Å². The molecule has 0 saturated heterocycles. The largest absolute Gasteiger partial charge is 0.283 e. The van der Waals surface area contributed by atoms with E-state index in [1.165, 1.54) is 36.4 Å². The summed E-state index contributed by atoms with van der Waals surface area (Å²) in [5.74, 6) is -0.427. The van der Waals surface area contributed by atoms with Gasteiger partial charge < -0.3 is 0 Å². The second-order valence-corrected chi connectivity index (χ2v) is 10.9. The van der Waals surface area contributed by atoms with E-state index in [-0.39, 0.29) is 26.2 Å². The number of rotatable bonds is 7. The van der Waals surface area contributed by atoms with E-state index >= 15 is 0 Å². The normalized spacial score (nSPS) is 11.8. The lowest BCUT2D eigenvalue weighted by atomic mass is 10.2. The summed E-state index contributed by atoms with van der Waals surface area (Å²) in [5.41, 5.74) is 0.823. The van der Waals surface area contributed by atoms with Gasteiger partial charge in [-0.2, -0.15) is 0 Å². The van der Waals surface area contributed by atoms with Crippen LogP contribution in [0.15, 0.2) is 71.6 Å². The Hall–Kier alpha value is -1.97. The van der Waals surface area contributed by atoms with E-state index in [0.29, 0.717) is 10.7 Å². The number of hydrogen-bond acceptors (Lipinski definition) is 4. The minimum Gasteiger partial charge on any atom is -0.283 e. The molecule has 158 valence electrons. The van der Waals surface area contributed by atoms with Crippen LogP contribution in [0.25, 0.3) is 0 Å². The molecule has 2 N–H and O–H groups in total. The van der Waals surface area contributed by atoms with Crippen LogP contribution >= 0.6 is 34.8 Å². The van der Waals surface area contributed by atoms with Gasteiger partial charge in [-0.15, -0.1) is 0 Å². The number of sulfonamides is 2. The maximum atomic E-state index is 12.5. The van der Waals surface area contributed by atoms with Crippen molar-refractivity contribution in [2.45, 2.75) is 10.6 Å². The van der Waals surface area contributed by atoms with Crippen LogP contribution in [-0.2, 0) is 25.8 Å². The van der Waals surface area contributed by atoms with Gasteiger partial charge in [0.25, 0.3) is 10.0 Å². The fraction of sp³-hybridized carbons (Fsp3) is 0.0526. The second-order valence-electron chi connectivity index (χ2n) is 6.20. The first-order chi connectivity index (χ1) is 14.1. The third kappa shape index (κ3) is 5.80. The number of hydrogen-bond donors (Lipinski definition) is 2. The summed E-state index contributed by atoms with van der Waals surface area (Å²) in [5, 5.41) is 0.956. The van der Waals surface area contributed by atoms with Gasteiger partial charge in [-0.25, -0.2) is 16.8 Å². The fourth-order valence-electron chi connectivity index (χ4n) is 2.51. The second kappa shape index (κ2) is 9.03. The smallest absolute Gasteiger partial charge is 0.261 e. The van der Waals surface area contributed by atoms with Gasteiger partial charge in [0.15, 0.2) is 0 Å². The summed E-state index contributed by atoms with van der Waals surface area (Å²) in [7, 11) is -7.68. The zero-order valence-corrected chi connectivity index (χ0v) is 19.0. The molecule has 0 radical (unpaired) electrons. The maximum absolute atomic E-state index is 12.5. The third-order valence-electron chi connectivity index (χ3n) is 3.93. The van der Waals surface area contributed by atoms with Gasteiger partial charge in [0.1, 0.15) is 0 Å². The number of benzene rings is 3. The number of nitrogens with one attached hydrogen (secondary N) is 2. The van der Waals surface area contributed by atoms with Gasteiger partial charge in [0.05, 0.1) is 10.6 Å². The van der Waals surface area contributed by atoms with E-state index in [0.717, 1.165) is 0 Å². The Morgan fingerprint density at radius 3 is 1.73 bits per heavy atom. The van der Waals surface area contributed by atoms with Crippen molar-refractivity contribution in [1.82, 2.24) is 0 Å². The molecule has 3 aromatic carbocycles. The molecule has 0 amide bonds. The molecule has 0 saturated carbocycles. The van der Waals surface area contributed by atoms with Crippen LogP contribution in [0.4, 0.5) is 11.4 Å². The predicted molar refractivity (Wildman–Crippen MR) is 121 cm³/mol. The monoisotopic (exact) mass is 504 g/mol. The summed E-state index contributed by atoms with van der Waals surface area (Å²) < 4.78 is 54.7. The van der Waals surface area contributed by atoms with Crippen molar-refractivity contribution >= 4 is 66.2 Å². The Morgan fingerprint density at radius 1 is 0.667 bits per heavy atom. The average molecular weight is 506 g/mol. The van der Waals surface area contributed by atoms with Crippen LogP contribution in [0, 0.1) is 0 Å². The van der Waals surface area contributed by atoms with Gasteiger partial charge in [0.2, 0.25) is 10.0 Å². The van der Waals surface area contributed by atoms with Crippen LogP contribution in [0.1, 0.15) is 5.56 Å². The lowest BCUT2D eigenvalue weighted by Crippen LogP contribution is -2.16. The van der Waals surface area contributed by atoms with Gasteiger partial charge in [-0.05, 0) is 60.7 Å². The molecular formula is C19H15Cl3N2O4S2. The van der Waals surface area contributed by atoms with E-state index in [9.17, 15) is 16.8 Å². The zero-order valence-electron chi connectivity index (χ0n) is 15.1. The first-order valence-electron chi connectivity index (χ1n) is 8.37. The van der Waals surface area contributed by atoms with Crippen LogP contribution in [0.2, 0.25) is 15.1 Å². The first kappa shape index (κ1) is 22.7. The molecule has 0 spiro atoms. The quantitative estimate of drug-likeness (QED) is 0.450. The summed E-state index contributed by atoms with van der Waals surface area (Å²) in [6.45, 7) is 0. The molecule has 0 atom stereocenters. The molecular weight excluding hydrogens is 491 g/mol. The Morgan fingerprint density at radius 2 is 1.17 bits per heavy atom. The van der Waals surface area contributed by atoms with Crippen LogP contribution in [-0.4, -0.2) is 16.8 Å². The molecule has 6 nitrogen and oxygen atoms in total. The molecule has 3 rings (SSSR count). The summed E-state index contributed by atoms with van der Waals surface area (Å²) in [6, 6.07) is 16.2. The topological polar surface area (TPSA) is 92.3 Å². The summed E-state index contributed by atoms with van der Waals surface area (Å²) in [4.78, 5) is -0.0328. The van der Waals surface area contributed by atoms with Gasteiger partial charge in [-0.3, -0.25) is 9.44 Å². The minimum absolute atomic E-state index is 0.0328. The Labute approximate surface area is 189 Å². The van der Waals surface area contributed by atoms with Crippen molar-refractivity contribution in [2.75, 3.05) is 9.44 Å². The molecule has 11 heteroatoms. The van der Waals surface area contributed by atoms with Crippen molar-refractivity contribution in [1.29, 1.82) is 0 Å². The zero-order chi connectivity index (χ0) is 21.9. The molecule has 30 heavy (non-hydrogen) atoms. The van der Waals surface area contributed by atoms with Crippen LogP contribution in [0.5, 0.6) is 0 Å². The van der Waals surface area contributed by atoms with E-state index in [4.69, 9.17) is 34.8 Å². The maximum Gasteiger partial charge on any atom is 0.261 e. The molecule has 0 unspecified atom stereocenters. The van der Waals surface area contributed by atoms with Crippen molar-refractivity contribution in [3.05, 3.63) is 87.4 Å². The predicted octanol–water partition coefficient (Wildman–Crippen LogP) is 5.39. The molecule has 0 fully saturated rings. The van der Waals surface area contributed by atoms with Gasteiger partial charge in [0, 0.05) is 32.0 Å². The first-order valence-corrected chi connectivity index (χ1v) is 12.6. The highest BCUT2D eigenvalue weighted by Gasteiger charge is 2.18. The van der Waals surface area contributed by atoms with Crippen molar-refractivity contribution in [3.8, 4) is 0 Å². The van der Waals surface area contributed by atoms with Crippen LogP contribution in [0.3, 0.4) is 0 Å². The summed E-state index contributed by atoms with van der Waals surface area (Å²) in [6.07, 6.45) is 0. The minimum atomic E-state index is -3.85. The molecule has 0 heterocycles. The molecule has 0 aliphatic heterocycles. The standard InChI is InChI=1S/C19H15Cl3N2O4S2/c20-13-4-6-15(7-5-13)24-30(27,28)16-10-8-14(9-11-16)23-29(25,26)12-17-18(21)2-1-3-19(17)22/h1-11,23-24H,12H2. The molecule has 0 aliphatic rings. The molecule has 0 aliphatic carbocycles. The van der Waals surface area contributed by atoms with Gasteiger partial charge in [-0.1, -0.05) is 40.9 Å². The van der Waals surface area contributed by atoms with Crippen molar-refractivity contribution in [3.63, 3.8) is 0 Å². The highest BCUT2D eigenvalue weighted by molar-refractivity contribution is 7.92. The Balaban J connectivity index is 1.74. The summed E-state index contributed by atoms with van der Waals surface area (Å²) >= 11 is 17.8. The Bertz CT molecular complexity index is 1240. The molecule has 0 aromatic heterocycles. The van der Waals surface area contributed by atoms with E-state index in [2.05, 4.69) is 9.44 Å². The van der Waals surface area contributed by atoms with Crippen molar-refractivity contribution in [2.24, 2.45) is 0 Å². The number of halogens is 3. The molecule has 3 aromatic rings. The lowest BCUT2D eigenvalue weighted by molar-refractivity contribution is 0.599. The van der Waals surface area contributed by atoms with Crippen LogP contribution < -0.4 is 9.44 Å². The van der Waals surface area contributed by atoms with E-state index in [1.54, 1.807) is 30.3 Å². The SMILES string of the molecule is O=S(=O)(Cc1c(Cl)cccc1Cl)Nc1ccc(S(=O)(=O)Nc2ccc(Cl)cc2)cc1. The van der Waals surface area contributed by atoms with Crippen molar-refractivity contribution < 1.29 is 16.8 Å². The van der Waals surface area contributed by atoms with E-state index < -0.39 is 25.8 Å². The third-order valence-corrected chi connectivity index (χ3v) is 7.50. The Kier molecular flexibility index (Phi) is 6.84. The number of anilines is 2.